The molecular formula is C11H27NO2Si. The highest BCUT2D eigenvalue weighted by molar-refractivity contribution is 6.14. The fourth-order valence-corrected chi connectivity index (χ4v) is 2.32. The largest absolute Gasteiger partial charge is 0.380 e. The van der Waals surface area contributed by atoms with Crippen LogP contribution < -0.4 is 5.73 Å². The van der Waals surface area contributed by atoms with Crippen LogP contribution in [0, 0.1) is 0 Å². The van der Waals surface area contributed by atoms with Crippen molar-refractivity contribution in [2.75, 3.05) is 13.2 Å². The van der Waals surface area contributed by atoms with E-state index >= 15 is 0 Å². The highest BCUT2D eigenvalue weighted by atomic mass is 28.1. The lowest BCUT2D eigenvalue weighted by Gasteiger charge is -2.28. The van der Waals surface area contributed by atoms with E-state index in [1.807, 2.05) is 6.92 Å². The molecule has 0 saturated carbocycles. The first-order chi connectivity index (χ1) is 7.08. The Hall–Kier alpha value is 0.0969. The first-order valence-electron chi connectivity index (χ1n) is 6.09. The lowest BCUT2D eigenvalue weighted by Crippen LogP contribution is -2.33. The molecule has 0 heterocycles. The molecule has 92 valence electrons. The van der Waals surface area contributed by atoms with Crippen molar-refractivity contribution in [2.24, 2.45) is 5.73 Å². The van der Waals surface area contributed by atoms with Gasteiger partial charge in [0.15, 0.2) is 0 Å². The van der Waals surface area contributed by atoms with Gasteiger partial charge in [-0.25, -0.2) is 0 Å². The van der Waals surface area contributed by atoms with Crippen molar-refractivity contribution in [1.29, 1.82) is 0 Å². The van der Waals surface area contributed by atoms with E-state index in [1.54, 1.807) is 0 Å². The van der Waals surface area contributed by atoms with Gasteiger partial charge >= 0.3 is 0 Å². The third kappa shape index (κ3) is 7.06. The minimum absolute atomic E-state index is 0.0978. The van der Waals surface area contributed by atoms with Crippen LogP contribution in [0.2, 0.25) is 0 Å². The molecule has 0 radical (unpaired) electrons. The highest BCUT2D eigenvalue weighted by Gasteiger charge is 2.21. The maximum absolute atomic E-state index is 5.80. The lowest BCUT2D eigenvalue weighted by atomic mass is 10.1. The molecule has 2 unspecified atom stereocenters. The third-order valence-electron chi connectivity index (χ3n) is 2.82. The molecule has 0 bridgehead atoms. The summed E-state index contributed by atoms with van der Waals surface area (Å²) in [5.41, 5.74) is 5.78. The van der Waals surface area contributed by atoms with Gasteiger partial charge in [0.25, 0.3) is 0 Å². The molecule has 0 aromatic carbocycles. The Kier molecular flexibility index (Phi) is 8.33. The van der Waals surface area contributed by atoms with Gasteiger partial charge in [-0.3, -0.25) is 0 Å². The van der Waals surface area contributed by atoms with Gasteiger partial charge in [-0.05, 0) is 39.5 Å². The number of hydrogen-bond acceptors (Lipinski definition) is 3. The summed E-state index contributed by atoms with van der Waals surface area (Å²) in [5.74, 6) is 0. The quantitative estimate of drug-likeness (QED) is 0.477. The second kappa shape index (κ2) is 8.27. The summed E-state index contributed by atoms with van der Waals surface area (Å²) in [6, 6.07) is 0. The minimum Gasteiger partial charge on any atom is -0.380 e. The van der Waals surface area contributed by atoms with Crippen LogP contribution in [0.4, 0.5) is 0 Å². The van der Waals surface area contributed by atoms with Crippen LogP contribution in [0.3, 0.4) is 0 Å². The van der Waals surface area contributed by atoms with Crippen LogP contribution in [0.1, 0.15) is 46.5 Å². The predicted octanol–water partition coefficient (Wildman–Crippen LogP) is 0.986. The van der Waals surface area contributed by atoms with E-state index in [-0.39, 0.29) is 11.5 Å². The Bertz CT molecular complexity index is 158. The summed E-state index contributed by atoms with van der Waals surface area (Å²) in [5, 5.41) is 0.153. The molecule has 0 aliphatic heterocycles. The first-order valence-corrected chi connectivity index (χ1v) is 7.09. The first kappa shape index (κ1) is 15.1. The van der Waals surface area contributed by atoms with Crippen molar-refractivity contribution in [1.82, 2.24) is 0 Å². The molecule has 0 aromatic heterocycles. The summed E-state index contributed by atoms with van der Waals surface area (Å²) >= 11 is 0. The van der Waals surface area contributed by atoms with E-state index in [0.29, 0.717) is 6.61 Å². The van der Waals surface area contributed by atoms with Crippen molar-refractivity contribution in [3.05, 3.63) is 0 Å². The Balaban J connectivity index is 3.71. The van der Waals surface area contributed by atoms with Gasteiger partial charge in [-0.1, -0.05) is 6.92 Å². The SMILES string of the molecule is CCOC(N)CCCC([SiH3])(CC)OCC. The Morgan fingerprint density at radius 2 is 1.93 bits per heavy atom. The molecule has 0 rings (SSSR count). The molecule has 0 aliphatic rings. The summed E-state index contributed by atoms with van der Waals surface area (Å²) in [6.45, 7) is 7.75. The van der Waals surface area contributed by atoms with Crippen LogP contribution in [-0.4, -0.2) is 34.9 Å². The van der Waals surface area contributed by atoms with Crippen LogP contribution >= 0.6 is 0 Å². The molecular weight excluding hydrogens is 206 g/mol. The average molecular weight is 233 g/mol. The summed E-state index contributed by atoms with van der Waals surface area (Å²) in [4.78, 5) is 0. The highest BCUT2D eigenvalue weighted by Crippen LogP contribution is 2.19. The minimum atomic E-state index is -0.0978. The van der Waals surface area contributed by atoms with Gasteiger partial charge < -0.3 is 15.2 Å². The molecule has 0 spiro atoms. The smallest absolute Gasteiger partial charge is 0.105 e. The van der Waals surface area contributed by atoms with E-state index in [9.17, 15) is 0 Å². The standard InChI is InChI=1S/C11H27NO2Si/c1-4-11(15,14-6-3)9-7-8-10(12)13-5-2/h10H,4-9,12H2,1-3,15H3. The zero-order chi connectivity index (χ0) is 11.7. The van der Waals surface area contributed by atoms with Crippen molar-refractivity contribution >= 4 is 10.2 Å². The lowest BCUT2D eigenvalue weighted by molar-refractivity contribution is 0.00952. The van der Waals surface area contributed by atoms with Crippen LogP contribution in [0.5, 0.6) is 0 Å². The molecule has 0 aromatic rings. The monoisotopic (exact) mass is 233 g/mol. The molecule has 2 N–H and O–H groups in total. The summed E-state index contributed by atoms with van der Waals surface area (Å²) < 4.78 is 11.1. The van der Waals surface area contributed by atoms with Gasteiger partial charge in [-0.15, -0.1) is 0 Å². The number of hydrogen-bond donors (Lipinski definition) is 1. The molecule has 15 heavy (non-hydrogen) atoms. The van der Waals surface area contributed by atoms with E-state index in [4.69, 9.17) is 15.2 Å². The number of rotatable bonds is 9. The van der Waals surface area contributed by atoms with Gasteiger partial charge in [0.1, 0.15) is 6.23 Å². The average Bonchev–Trinajstić information content (AvgIpc) is 2.18. The maximum Gasteiger partial charge on any atom is 0.105 e. The van der Waals surface area contributed by atoms with Crippen molar-refractivity contribution in [2.45, 2.75) is 57.9 Å². The Labute approximate surface area is 97.1 Å². The fourth-order valence-electron chi connectivity index (χ4n) is 1.67. The summed E-state index contributed by atoms with van der Waals surface area (Å²) in [6.07, 6.45) is 4.16. The van der Waals surface area contributed by atoms with Crippen molar-refractivity contribution in [3.8, 4) is 0 Å². The van der Waals surface area contributed by atoms with Crippen LogP contribution in [-0.2, 0) is 9.47 Å². The Morgan fingerprint density at radius 1 is 1.27 bits per heavy atom. The van der Waals surface area contributed by atoms with Gasteiger partial charge in [0.2, 0.25) is 0 Å². The van der Waals surface area contributed by atoms with Crippen molar-refractivity contribution < 1.29 is 9.47 Å². The van der Waals surface area contributed by atoms with Crippen molar-refractivity contribution in [3.63, 3.8) is 0 Å². The second-order valence-electron chi connectivity index (χ2n) is 4.12. The van der Waals surface area contributed by atoms with E-state index in [1.165, 1.54) is 0 Å². The zero-order valence-electron chi connectivity index (χ0n) is 10.7. The van der Waals surface area contributed by atoms with Crippen LogP contribution in [0.15, 0.2) is 0 Å². The molecule has 4 heteroatoms. The van der Waals surface area contributed by atoms with E-state index in [0.717, 1.165) is 42.5 Å². The number of nitrogens with two attached hydrogens (primary N) is 1. The van der Waals surface area contributed by atoms with E-state index < -0.39 is 0 Å². The maximum atomic E-state index is 5.80. The molecule has 2 atom stereocenters. The summed E-state index contributed by atoms with van der Waals surface area (Å²) in [7, 11) is 1.09. The second-order valence-corrected chi connectivity index (χ2v) is 5.94. The molecule has 3 nitrogen and oxygen atoms in total. The van der Waals surface area contributed by atoms with E-state index in [2.05, 4.69) is 13.8 Å². The third-order valence-corrected chi connectivity index (χ3v) is 4.31. The fraction of sp³-hybridized carbons (Fsp3) is 1.00. The van der Waals surface area contributed by atoms with Gasteiger partial charge in [-0.2, -0.15) is 0 Å². The Morgan fingerprint density at radius 3 is 2.40 bits per heavy atom. The van der Waals surface area contributed by atoms with Crippen LogP contribution in [0.25, 0.3) is 0 Å². The molecule has 0 saturated heterocycles. The molecule has 0 aliphatic carbocycles. The topological polar surface area (TPSA) is 44.5 Å². The number of ether oxygens (including phenoxy) is 2. The molecule has 0 amide bonds. The zero-order valence-corrected chi connectivity index (χ0v) is 12.7. The van der Waals surface area contributed by atoms with Gasteiger partial charge in [0.05, 0.1) is 0 Å². The predicted molar refractivity (Wildman–Crippen MR) is 68.0 cm³/mol. The van der Waals surface area contributed by atoms with Gasteiger partial charge in [0, 0.05) is 28.7 Å². The normalized spacial score (nSPS) is 17.6. The molecule has 0 fully saturated rings.